The number of amides is 1. The quantitative estimate of drug-likeness (QED) is 0.823. The summed E-state index contributed by atoms with van der Waals surface area (Å²) in [6.45, 7) is 5.52. The highest BCUT2D eigenvalue weighted by atomic mass is 32.1. The number of hydrogen-bond donors (Lipinski definition) is 2. The lowest BCUT2D eigenvalue weighted by molar-refractivity contribution is 0.117. The predicted octanol–water partition coefficient (Wildman–Crippen LogP) is 3.59. The normalized spacial score (nSPS) is 10.4. The first-order valence-corrected chi connectivity index (χ1v) is 7.70. The summed E-state index contributed by atoms with van der Waals surface area (Å²) in [6, 6.07) is 5.61. The molecule has 0 unspecified atom stereocenters. The monoisotopic (exact) mass is 321 g/mol. The zero-order valence-electron chi connectivity index (χ0n) is 13.0. The van der Waals surface area contributed by atoms with Crippen LogP contribution in [0.1, 0.15) is 18.9 Å². The molecule has 0 fully saturated rings. The van der Waals surface area contributed by atoms with Crippen LogP contribution in [0.5, 0.6) is 5.75 Å². The summed E-state index contributed by atoms with van der Waals surface area (Å²) in [5, 5.41) is 2.99. The molecule has 2 aromatic rings. The van der Waals surface area contributed by atoms with Gasteiger partial charge in [-0.25, -0.2) is 15.2 Å². The van der Waals surface area contributed by atoms with Gasteiger partial charge in [0.05, 0.1) is 29.6 Å². The van der Waals surface area contributed by atoms with Gasteiger partial charge in [-0.3, -0.25) is 5.43 Å². The zero-order chi connectivity index (χ0) is 16.1. The minimum Gasteiger partial charge on any atom is -0.495 e. The number of carbonyl (C=O) groups is 1. The van der Waals surface area contributed by atoms with Gasteiger partial charge in [-0.15, -0.1) is 11.3 Å². The third kappa shape index (κ3) is 4.11. The minimum atomic E-state index is -0.549. The molecule has 1 aromatic heterocycles. The lowest BCUT2D eigenvalue weighted by Crippen LogP contribution is -2.31. The predicted molar refractivity (Wildman–Crippen MR) is 87.2 cm³/mol. The van der Waals surface area contributed by atoms with Gasteiger partial charge >= 0.3 is 6.09 Å². The van der Waals surface area contributed by atoms with E-state index in [1.807, 2.05) is 30.5 Å². The Morgan fingerprint density at radius 1 is 1.36 bits per heavy atom. The van der Waals surface area contributed by atoms with Crippen LogP contribution < -0.4 is 15.6 Å². The number of carbonyl (C=O) groups excluding carboxylic acids is 1. The Hall–Kier alpha value is -2.28. The first-order valence-electron chi connectivity index (χ1n) is 6.82. The van der Waals surface area contributed by atoms with Crippen molar-refractivity contribution in [3.63, 3.8) is 0 Å². The van der Waals surface area contributed by atoms with Crippen LogP contribution in [-0.4, -0.2) is 24.3 Å². The van der Waals surface area contributed by atoms with E-state index in [0.29, 0.717) is 11.4 Å². The molecule has 0 aliphatic heterocycles. The molecule has 2 N–H and O–H groups in total. The topological polar surface area (TPSA) is 72.5 Å². The second kappa shape index (κ2) is 7.13. The smallest absolute Gasteiger partial charge is 0.426 e. The fourth-order valence-corrected chi connectivity index (χ4v) is 2.44. The highest BCUT2D eigenvalue weighted by molar-refractivity contribution is 7.09. The summed E-state index contributed by atoms with van der Waals surface area (Å²) in [4.78, 5) is 16.0. The van der Waals surface area contributed by atoms with E-state index in [1.54, 1.807) is 32.3 Å². The molecule has 0 saturated carbocycles. The number of hydrazine groups is 1. The molecule has 118 valence electrons. The van der Waals surface area contributed by atoms with Crippen LogP contribution >= 0.6 is 11.3 Å². The SMILES string of the molecule is COc1ccc(-c2csc(C)n2)cc1NNC(=O)OC(C)C. The largest absolute Gasteiger partial charge is 0.495 e. The van der Waals surface area contributed by atoms with E-state index in [9.17, 15) is 4.79 Å². The van der Waals surface area contributed by atoms with Gasteiger partial charge in [0.25, 0.3) is 0 Å². The summed E-state index contributed by atoms with van der Waals surface area (Å²) in [6.07, 6.45) is -0.736. The lowest BCUT2D eigenvalue weighted by Gasteiger charge is -2.14. The van der Waals surface area contributed by atoms with Crippen molar-refractivity contribution in [3.8, 4) is 17.0 Å². The summed E-state index contributed by atoms with van der Waals surface area (Å²) in [5.74, 6) is 0.612. The first-order chi connectivity index (χ1) is 10.5. The highest BCUT2D eigenvalue weighted by Gasteiger charge is 2.10. The molecule has 0 atom stereocenters. The van der Waals surface area contributed by atoms with Crippen molar-refractivity contribution in [1.29, 1.82) is 0 Å². The number of thiazole rings is 1. The Labute approximate surface area is 133 Å². The Morgan fingerprint density at radius 3 is 2.73 bits per heavy atom. The Kier molecular flexibility index (Phi) is 5.21. The van der Waals surface area contributed by atoms with Gasteiger partial charge in [-0.1, -0.05) is 0 Å². The van der Waals surface area contributed by atoms with Crippen LogP contribution in [0.15, 0.2) is 23.6 Å². The van der Waals surface area contributed by atoms with Gasteiger partial charge in [-0.05, 0) is 39.0 Å². The highest BCUT2D eigenvalue weighted by Crippen LogP contribution is 2.30. The fourth-order valence-electron chi connectivity index (χ4n) is 1.82. The summed E-state index contributed by atoms with van der Waals surface area (Å²) < 4.78 is 10.3. The van der Waals surface area contributed by atoms with Crippen LogP contribution in [0.4, 0.5) is 10.5 Å². The van der Waals surface area contributed by atoms with Gasteiger partial charge in [0.1, 0.15) is 5.75 Å². The molecule has 1 aromatic carbocycles. The molecule has 1 heterocycles. The van der Waals surface area contributed by atoms with Gasteiger partial charge in [0.15, 0.2) is 0 Å². The molecule has 0 saturated heterocycles. The molecule has 0 aliphatic rings. The minimum absolute atomic E-state index is 0.187. The van der Waals surface area contributed by atoms with Crippen molar-refractivity contribution in [2.75, 3.05) is 12.5 Å². The molecule has 22 heavy (non-hydrogen) atoms. The van der Waals surface area contributed by atoms with Gasteiger partial charge in [-0.2, -0.15) is 0 Å². The number of aryl methyl sites for hydroxylation is 1. The number of nitrogens with zero attached hydrogens (tertiary/aromatic N) is 1. The Balaban J connectivity index is 2.16. The summed E-state index contributed by atoms with van der Waals surface area (Å²) in [5.41, 5.74) is 7.75. The van der Waals surface area contributed by atoms with E-state index in [4.69, 9.17) is 9.47 Å². The Morgan fingerprint density at radius 2 is 2.14 bits per heavy atom. The molecular formula is C15H19N3O3S. The number of nitrogens with one attached hydrogen (secondary N) is 2. The molecule has 1 amide bonds. The standard InChI is InChI=1S/C15H19N3O3S/c1-9(2)21-15(19)18-17-12-7-11(5-6-14(12)20-4)13-8-22-10(3)16-13/h5-9,17H,1-4H3,(H,18,19). The second-order valence-electron chi connectivity index (χ2n) is 4.87. The van der Waals surface area contributed by atoms with Gasteiger partial charge in [0.2, 0.25) is 0 Å². The molecule has 7 heteroatoms. The van der Waals surface area contributed by atoms with E-state index < -0.39 is 6.09 Å². The molecule has 0 aliphatic carbocycles. The molecule has 6 nitrogen and oxygen atoms in total. The van der Waals surface area contributed by atoms with Crippen LogP contribution in [0, 0.1) is 6.92 Å². The average Bonchev–Trinajstić information content (AvgIpc) is 2.90. The van der Waals surface area contributed by atoms with Crippen molar-refractivity contribution in [3.05, 3.63) is 28.6 Å². The van der Waals surface area contributed by atoms with E-state index in [2.05, 4.69) is 15.8 Å². The van der Waals surface area contributed by atoms with Crippen LogP contribution in [0.25, 0.3) is 11.3 Å². The first kappa shape index (κ1) is 16.1. The van der Waals surface area contributed by atoms with Crippen molar-refractivity contribution < 1.29 is 14.3 Å². The number of benzene rings is 1. The number of aromatic nitrogens is 1. The van der Waals surface area contributed by atoms with E-state index in [0.717, 1.165) is 16.3 Å². The zero-order valence-corrected chi connectivity index (χ0v) is 13.8. The van der Waals surface area contributed by atoms with Gasteiger partial charge < -0.3 is 9.47 Å². The maximum Gasteiger partial charge on any atom is 0.426 e. The van der Waals surface area contributed by atoms with Crippen molar-refractivity contribution >= 4 is 23.1 Å². The third-order valence-electron chi connectivity index (χ3n) is 2.76. The van der Waals surface area contributed by atoms with E-state index in [1.165, 1.54) is 0 Å². The third-order valence-corrected chi connectivity index (χ3v) is 3.53. The molecule has 2 rings (SSSR count). The van der Waals surface area contributed by atoms with Crippen LogP contribution in [-0.2, 0) is 4.74 Å². The summed E-state index contributed by atoms with van der Waals surface area (Å²) in [7, 11) is 1.57. The average molecular weight is 321 g/mol. The number of methoxy groups -OCH3 is 1. The van der Waals surface area contributed by atoms with E-state index >= 15 is 0 Å². The lowest BCUT2D eigenvalue weighted by atomic mass is 10.1. The second-order valence-corrected chi connectivity index (χ2v) is 5.93. The van der Waals surface area contributed by atoms with E-state index in [-0.39, 0.29) is 6.10 Å². The summed E-state index contributed by atoms with van der Waals surface area (Å²) >= 11 is 1.59. The number of hydrogen-bond acceptors (Lipinski definition) is 6. The van der Waals surface area contributed by atoms with Crippen molar-refractivity contribution in [2.45, 2.75) is 26.9 Å². The number of rotatable bonds is 5. The van der Waals surface area contributed by atoms with Crippen LogP contribution in [0.2, 0.25) is 0 Å². The fraction of sp³-hybridized carbons (Fsp3) is 0.333. The molecular weight excluding hydrogens is 302 g/mol. The maximum absolute atomic E-state index is 11.5. The van der Waals surface area contributed by atoms with Crippen LogP contribution in [0.3, 0.4) is 0 Å². The van der Waals surface area contributed by atoms with Crippen molar-refractivity contribution in [1.82, 2.24) is 10.4 Å². The Bertz CT molecular complexity index is 655. The number of anilines is 1. The number of ether oxygens (including phenoxy) is 2. The van der Waals surface area contributed by atoms with Gasteiger partial charge in [0, 0.05) is 10.9 Å². The molecule has 0 spiro atoms. The molecule has 0 radical (unpaired) electrons. The maximum atomic E-state index is 11.5. The van der Waals surface area contributed by atoms with Crippen molar-refractivity contribution in [2.24, 2.45) is 0 Å². The molecule has 0 bridgehead atoms.